The number of hydrogen-bond acceptors (Lipinski definition) is 0. The molecule has 4 saturated heterocycles. The van der Waals surface area contributed by atoms with Crippen molar-refractivity contribution < 1.29 is 8.97 Å². The second-order valence-electron chi connectivity index (χ2n) is 10.7. The summed E-state index contributed by atoms with van der Waals surface area (Å²) in [5, 5.41) is 0. The summed E-state index contributed by atoms with van der Waals surface area (Å²) >= 11 is 0. The summed E-state index contributed by atoms with van der Waals surface area (Å²) in [4.78, 5) is 0. The topological polar surface area (TPSA) is 0 Å². The van der Waals surface area contributed by atoms with Crippen molar-refractivity contribution >= 4 is 0 Å². The molecule has 0 spiro atoms. The van der Waals surface area contributed by atoms with Crippen molar-refractivity contribution in [2.24, 2.45) is 11.3 Å². The van der Waals surface area contributed by atoms with Gasteiger partial charge in [-0.05, 0) is 52.9 Å². The molecule has 0 aromatic heterocycles. The van der Waals surface area contributed by atoms with Crippen LogP contribution in [0.3, 0.4) is 0 Å². The number of rotatable bonds is 4. The molecule has 0 aliphatic carbocycles. The van der Waals surface area contributed by atoms with Crippen molar-refractivity contribution in [3.05, 3.63) is 0 Å². The molecular weight excluding hydrogens is 316 g/mol. The van der Waals surface area contributed by atoms with Crippen LogP contribution >= 0.6 is 0 Å². The van der Waals surface area contributed by atoms with E-state index in [9.17, 15) is 0 Å². The first kappa shape index (κ1) is 24.0. The van der Waals surface area contributed by atoms with E-state index in [0.29, 0.717) is 0 Å². The highest BCUT2D eigenvalue weighted by Crippen LogP contribution is 2.49. The van der Waals surface area contributed by atoms with Crippen molar-refractivity contribution in [1.29, 1.82) is 0 Å². The van der Waals surface area contributed by atoms with Crippen molar-refractivity contribution in [3.8, 4) is 0 Å². The third kappa shape index (κ3) is 4.32. The van der Waals surface area contributed by atoms with Crippen LogP contribution in [0.2, 0.25) is 0 Å². The molecule has 26 heavy (non-hydrogen) atoms. The quantitative estimate of drug-likeness (QED) is 0.526. The molecule has 0 aromatic rings. The Labute approximate surface area is 166 Å². The lowest BCUT2D eigenvalue weighted by molar-refractivity contribution is -0.964. The van der Waals surface area contributed by atoms with Crippen LogP contribution in [0.1, 0.15) is 94.9 Å². The zero-order valence-electron chi connectivity index (χ0n) is 18.8. The standard InChI is InChI=1S/C13H26N.C10H22N.CH4/c1-11(2)13-5-8-14(9-6-13,10-7-13)12(3)4;1-9(2)11(10(3)4)7-5-6-8-11;/h11-12H,5-10H2,1-4H3;9-10H,5-8H2,1-4H3;1H4/q2*+1;. The summed E-state index contributed by atoms with van der Waals surface area (Å²) < 4.78 is 2.79. The number of hydrogen-bond donors (Lipinski definition) is 0. The molecule has 0 N–H and O–H groups in total. The van der Waals surface area contributed by atoms with Gasteiger partial charge in [-0.1, -0.05) is 21.3 Å². The number of likely N-dealkylation sites (tertiary alicyclic amines) is 1. The Balaban J connectivity index is 0.000000258. The molecule has 4 aliphatic rings. The lowest BCUT2D eigenvalue weighted by Gasteiger charge is -2.58. The summed E-state index contributed by atoms with van der Waals surface area (Å²) in [5.74, 6) is 0.900. The van der Waals surface area contributed by atoms with Crippen LogP contribution in [-0.4, -0.2) is 59.8 Å². The third-order valence-electron chi connectivity index (χ3n) is 8.94. The Hall–Kier alpha value is -0.0800. The zero-order valence-corrected chi connectivity index (χ0v) is 18.8. The molecule has 2 bridgehead atoms. The minimum absolute atomic E-state index is 0. The number of piperidine rings is 3. The fourth-order valence-corrected chi connectivity index (χ4v) is 6.24. The molecule has 2 nitrogen and oxygen atoms in total. The van der Waals surface area contributed by atoms with E-state index < -0.39 is 0 Å². The Kier molecular flexibility index (Phi) is 8.24. The summed E-state index contributed by atoms with van der Waals surface area (Å²) in [6.07, 6.45) is 7.35. The first-order valence-electron chi connectivity index (χ1n) is 11.3. The van der Waals surface area contributed by atoms with Gasteiger partial charge >= 0.3 is 0 Å². The predicted octanol–water partition coefficient (Wildman–Crippen LogP) is 6.10. The largest absolute Gasteiger partial charge is 0.322 e. The maximum Gasteiger partial charge on any atom is 0.0835 e. The minimum Gasteiger partial charge on any atom is -0.322 e. The molecule has 0 saturated carbocycles. The Morgan fingerprint density at radius 2 is 0.962 bits per heavy atom. The van der Waals surface area contributed by atoms with Crippen LogP contribution in [0.25, 0.3) is 0 Å². The molecule has 2 heteroatoms. The second-order valence-corrected chi connectivity index (χ2v) is 10.7. The average Bonchev–Trinajstić information content (AvgIpc) is 3.08. The Morgan fingerprint density at radius 3 is 1.19 bits per heavy atom. The number of fused-ring (bicyclic) bond motifs is 3. The van der Waals surface area contributed by atoms with E-state index >= 15 is 0 Å². The molecule has 4 aliphatic heterocycles. The summed E-state index contributed by atoms with van der Waals surface area (Å²) in [6, 6.07) is 2.48. The van der Waals surface area contributed by atoms with Crippen molar-refractivity contribution in [2.75, 3.05) is 32.7 Å². The van der Waals surface area contributed by atoms with Gasteiger partial charge in [-0.15, -0.1) is 0 Å². The van der Waals surface area contributed by atoms with E-state index in [2.05, 4.69) is 55.4 Å². The van der Waals surface area contributed by atoms with Gasteiger partial charge in [0.05, 0.1) is 50.8 Å². The summed E-state index contributed by atoms with van der Waals surface area (Å²) in [7, 11) is 0. The number of quaternary nitrogens is 2. The van der Waals surface area contributed by atoms with E-state index in [1.165, 1.54) is 73.8 Å². The Bertz CT molecular complexity index is 357. The number of nitrogens with zero attached hydrogens (tertiary/aromatic N) is 2. The van der Waals surface area contributed by atoms with E-state index in [4.69, 9.17) is 0 Å². The van der Waals surface area contributed by atoms with Gasteiger partial charge < -0.3 is 8.97 Å². The first-order valence-corrected chi connectivity index (χ1v) is 11.3. The molecule has 0 aromatic carbocycles. The van der Waals surface area contributed by atoms with Crippen LogP contribution in [0, 0.1) is 11.3 Å². The monoisotopic (exact) mass is 368 g/mol. The van der Waals surface area contributed by atoms with E-state index in [1.54, 1.807) is 0 Å². The van der Waals surface area contributed by atoms with Gasteiger partial charge in [-0.3, -0.25) is 0 Å². The molecule has 4 fully saturated rings. The van der Waals surface area contributed by atoms with Gasteiger partial charge in [0.2, 0.25) is 0 Å². The molecular formula is C24H52N2+2. The molecule has 156 valence electrons. The van der Waals surface area contributed by atoms with Crippen LogP contribution in [0.15, 0.2) is 0 Å². The summed E-state index contributed by atoms with van der Waals surface area (Å²) in [5.41, 5.74) is 0.731. The van der Waals surface area contributed by atoms with Gasteiger partial charge in [-0.2, -0.15) is 0 Å². The van der Waals surface area contributed by atoms with Crippen LogP contribution in [-0.2, 0) is 0 Å². The SMILES string of the molecule is C.CC(C)C12CC[N+](C(C)C)(CC1)CC2.CC(C)[N+]1(C(C)C)CCCC1. The predicted molar refractivity (Wildman–Crippen MR) is 117 cm³/mol. The van der Waals surface area contributed by atoms with Gasteiger partial charge in [0.1, 0.15) is 0 Å². The fourth-order valence-electron chi connectivity index (χ4n) is 6.24. The first-order chi connectivity index (χ1) is 11.6. The van der Waals surface area contributed by atoms with E-state index in [0.717, 1.165) is 29.5 Å². The van der Waals surface area contributed by atoms with E-state index in [1.807, 2.05) is 0 Å². The molecule has 4 heterocycles. The highest BCUT2D eigenvalue weighted by molar-refractivity contribution is 4.89. The van der Waals surface area contributed by atoms with Crippen molar-refractivity contribution in [2.45, 2.75) is 113 Å². The molecule has 0 atom stereocenters. The van der Waals surface area contributed by atoms with Gasteiger partial charge in [-0.25, -0.2) is 0 Å². The molecule has 0 amide bonds. The summed E-state index contributed by atoms with van der Waals surface area (Å²) in [6.45, 7) is 26.3. The Morgan fingerprint density at radius 1 is 0.577 bits per heavy atom. The van der Waals surface area contributed by atoms with E-state index in [-0.39, 0.29) is 7.43 Å². The van der Waals surface area contributed by atoms with Crippen molar-refractivity contribution in [3.63, 3.8) is 0 Å². The second kappa shape index (κ2) is 8.95. The maximum atomic E-state index is 2.43. The van der Waals surface area contributed by atoms with Gasteiger partial charge in [0, 0.05) is 32.1 Å². The van der Waals surface area contributed by atoms with Crippen LogP contribution in [0.5, 0.6) is 0 Å². The zero-order chi connectivity index (χ0) is 18.9. The highest BCUT2D eigenvalue weighted by Gasteiger charge is 2.51. The molecule has 0 radical (unpaired) electrons. The smallest absolute Gasteiger partial charge is 0.0835 e. The lowest BCUT2D eigenvalue weighted by Crippen LogP contribution is -2.65. The van der Waals surface area contributed by atoms with Crippen LogP contribution in [0.4, 0.5) is 0 Å². The lowest BCUT2D eigenvalue weighted by atomic mass is 9.64. The normalized spacial score (nSPS) is 32.8. The third-order valence-corrected chi connectivity index (χ3v) is 8.94. The van der Waals surface area contributed by atoms with Gasteiger partial charge in [0.25, 0.3) is 0 Å². The van der Waals surface area contributed by atoms with Crippen molar-refractivity contribution in [1.82, 2.24) is 0 Å². The van der Waals surface area contributed by atoms with Gasteiger partial charge in [0.15, 0.2) is 0 Å². The molecule has 4 rings (SSSR count). The maximum absolute atomic E-state index is 2.43. The molecule has 0 unspecified atom stereocenters. The highest BCUT2D eigenvalue weighted by atomic mass is 15.4. The minimum atomic E-state index is 0. The average molecular weight is 369 g/mol. The van der Waals surface area contributed by atoms with Crippen LogP contribution < -0.4 is 0 Å². The fraction of sp³-hybridized carbons (Fsp3) is 1.00.